The number of nitrogens with zero attached hydrogens (tertiary/aromatic N) is 1. The summed E-state index contributed by atoms with van der Waals surface area (Å²) in [6.45, 7) is 4.29. The summed E-state index contributed by atoms with van der Waals surface area (Å²) in [5.41, 5.74) is 15.1. The fourth-order valence-corrected chi connectivity index (χ4v) is 5.54. The third kappa shape index (κ3) is 5.26. The van der Waals surface area contributed by atoms with E-state index in [1.54, 1.807) is 6.07 Å². The summed E-state index contributed by atoms with van der Waals surface area (Å²) in [6, 6.07) is 20.6. The van der Waals surface area contributed by atoms with E-state index in [1.165, 1.54) is 22.3 Å². The Labute approximate surface area is 213 Å². The molecule has 0 bridgehead atoms. The van der Waals surface area contributed by atoms with Crippen LogP contribution in [0.3, 0.4) is 0 Å². The van der Waals surface area contributed by atoms with Gasteiger partial charge in [-0.1, -0.05) is 24.3 Å². The maximum Gasteiger partial charge on any atom is 0.119 e. The lowest BCUT2D eigenvalue weighted by molar-refractivity contribution is 0.198. The standard InChI is InChI=1S/C31H35FN2O2/c1-21-18-24(8-13-30(21)35)28-5-2-4-23-19-25(33)9-12-29(23)31(28)22-6-10-26(11-7-22)36-27-14-17-34(20-27)16-3-15-32/h6-13,18-19,27,35H,2-5,14-17,20,33H2,1H3. The van der Waals surface area contributed by atoms with Gasteiger partial charge in [-0.15, -0.1) is 0 Å². The lowest BCUT2D eigenvalue weighted by Gasteiger charge is -2.19. The molecule has 4 nitrogen and oxygen atoms in total. The molecule has 0 aromatic heterocycles. The zero-order valence-corrected chi connectivity index (χ0v) is 21.0. The largest absolute Gasteiger partial charge is 0.508 e. The number of benzene rings is 3. The molecule has 1 fully saturated rings. The number of phenols is 1. The number of anilines is 1. The number of nitrogen functional groups attached to an aromatic ring is 1. The van der Waals surface area contributed by atoms with Crippen molar-refractivity contribution in [3.63, 3.8) is 0 Å². The highest BCUT2D eigenvalue weighted by Gasteiger charge is 2.24. The average molecular weight is 487 g/mol. The molecule has 2 aliphatic rings. The number of aryl methyl sites for hydroxylation is 2. The van der Waals surface area contributed by atoms with Crippen molar-refractivity contribution in [1.82, 2.24) is 4.90 Å². The van der Waals surface area contributed by atoms with E-state index in [1.807, 2.05) is 19.1 Å². The molecule has 36 heavy (non-hydrogen) atoms. The van der Waals surface area contributed by atoms with Crippen molar-refractivity contribution in [2.24, 2.45) is 0 Å². The maximum absolute atomic E-state index is 12.5. The molecule has 3 N–H and O–H groups in total. The Morgan fingerprint density at radius 2 is 1.83 bits per heavy atom. The van der Waals surface area contributed by atoms with Crippen molar-refractivity contribution in [1.29, 1.82) is 0 Å². The van der Waals surface area contributed by atoms with Crippen LogP contribution in [0.1, 0.15) is 53.5 Å². The number of allylic oxidation sites excluding steroid dienone is 1. The number of aromatic hydroxyl groups is 1. The van der Waals surface area contributed by atoms with E-state index in [9.17, 15) is 9.50 Å². The Morgan fingerprint density at radius 1 is 1.03 bits per heavy atom. The minimum atomic E-state index is -0.263. The minimum Gasteiger partial charge on any atom is -0.508 e. The van der Waals surface area contributed by atoms with Gasteiger partial charge in [0.15, 0.2) is 0 Å². The smallest absolute Gasteiger partial charge is 0.119 e. The maximum atomic E-state index is 12.5. The minimum absolute atomic E-state index is 0.145. The molecule has 1 aliphatic heterocycles. The molecule has 1 unspecified atom stereocenters. The highest BCUT2D eigenvalue weighted by Crippen LogP contribution is 2.41. The summed E-state index contributed by atoms with van der Waals surface area (Å²) in [4.78, 5) is 2.28. The van der Waals surface area contributed by atoms with Crippen LogP contribution in [0.4, 0.5) is 10.1 Å². The van der Waals surface area contributed by atoms with E-state index in [2.05, 4.69) is 47.4 Å². The van der Waals surface area contributed by atoms with E-state index < -0.39 is 0 Å². The van der Waals surface area contributed by atoms with Crippen molar-refractivity contribution in [2.45, 2.75) is 45.1 Å². The molecule has 5 rings (SSSR count). The first-order valence-corrected chi connectivity index (χ1v) is 13.0. The number of phenolic OH excluding ortho intramolecular Hbond substituents is 1. The van der Waals surface area contributed by atoms with Crippen LogP contribution in [0, 0.1) is 6.92 Å². The molecule has 0 amide bonds. The van der Waals surface area contributed by atoms with Gasteiger partial charge in [-0.3, -0.25) is 9.29 Å². The van der Waals surface area contributed by atoms with Crippen LogP contribution in [0.5, 0.6) is 11.5 Å². The van der Waals surface area contributed by atoms with Gasteiger partial charge in [0, 0.05) is 25.3 Å². The molecule has 1 saturated heterocycles. The molecule has 0 spiro atoms. The Morgan fingerprint density at radius 3 is 2.61 bits per heavy atom. The number of alkyl halides is 1. The molecular weight excluding hydrogens is 451 g/mol. The number of halogens is 1. The quantitative estimate of drug-likeness (QED) is 0.380. The third-order valence-corrected chi connectivity index (χ3v) is 7.40. The number of hydrogen-bond donors (Lipinski definition) is 2. The normalized spacial score (nSPS) is 18.2. The van der Waals surface area contributed by atoms with Crippen molar-refractivity contribution in [3.05, 3.63) is 88.5 Å². The van der Waals surface area contributed by atoms with E-state index in [0.29, 0.717) is 12.2 Å². The van der Waals surface area contributed by atoms with Crippen LogP contribution in [0.2, 0.25) is 0 Å². The number of rotatable bonds is 7. The highest BCUT2D eigenvalue weighted by atomic mass is 19.1. The molecular formula is C31H35FN2O2. The highest BCUT2D eigenvalue weighted by molar-refractivity contribution is 6.00. The third-order valence-electron chi connectivity index (χ3n) is 7.40. The summed E-state index contributed by atoms with van der Waals surface area (Å²) in [7, 11) is 0. The van der Waals surface area contributed by atoms with Crippen molar-refractivity contribution in [3.8, 4) is 11.5 Å². The summed E-state index contributed by atoms with van der Waals surface area (Å²) >= 11 is 0. The number of nitrogens with two attached hydrogens (primary N) is 1. The van der Waals surface area contributed by atoms with E-state index in [-0.39, 0.29) is 12.8 Å². The molecule has 5 heteroatoms. The van der Waals surface area contributed by atoms with Gasteiger partial charge in [-0.25, -0.2) is 0 Å². The molecule has 0 saturated carbocycles. The molecule has 1 heterocycles. The SMILES string of the molecule is Cc1cc(C2=C(c3ccc(OC4CCN(CCCF)C4)cc3)c3ccc(N)cc3CCC2)ccc1O. The fourth-order valence-electron chi connectivity index (χ4n) is 5.54. The fraction of sp³-hybridized carbons (Fsp3) is 0.355. The van der Waals surface area contributed by atoms with Crippen molar-refractivity contribution in [2.75, 3.05) is 32.0 Å². The summed E-state index contributed by atoms with van der Waals surface area (Å²) < 4.78 is 18.8. The first-order valence-electron chi connectivity index (χ1n) is 13.0. The van der Waals surface area contributed by atoms with E-state index in [4.69, 9.17) is 10.5 Å². The number of hydrogen-bond acceptors (Lipinski definition) is 4. The molecule has 188 valence electrons. The molecule has 3 aromatic carbocycles. The van der Waals surface area contributed by atoms with Gasteiger partial charge >= 0.3 is 0 Å². The number of likely N-dealkylation sites (tertiary alicyclic amines) is 1. The van der Waals surface area contributed by atoms with Crippen molar-refractivity contribution >= 4 is 16.8 Å². The summed E-state index contributed by atoms with van der Waals surface area (Å²) in [5, 5.41) is 10.1. The van der Waals surface area contributed by atoms with E-state index >= 15 is 0 Å². The molecule has 3 aromatic rings. The lowest BCUT2D eigenvalue weighted by atomic mass is 9.87. The lowest BCUT2D eigenvalue weighted by Crippen LogP contribution is -2.26. The van der Waals surface area contributed by atoms with Crippen LogP contribution >= 0.6 is 0 Å². The molecule has 0 radical (unpaired) electrons. The first-order chi connectivity index (χ1) is 17.5. The second-order valence-corrected chi connectivity index (χ2v) is 10.0. The second kappa shape index (κ2) is 10.8. The summed E-state index contributed by atoms with van der Waals surface area (Å²) in [6.07, 6.45) is 4.67. The molecule has 1 aliphatic carbocycles. The molecule has 1 atom stereocenters. The average Bonchev–Trinajstić information content (AvgIpc) is 3.23. The van der Waals surface area contributed by atoms with Crippen LogP contribution < -0.4 is 10.5 Å². The zero-order valence-electron chi connectivity index (χ0n) is 21.0. The Balaban J connectivity index is 1.48. The first kappa shape index (κ1) is 24.4. The van der Waals surface area contributed by atoms with Gasteiger partial charge in [0.25, 0.3) is 0 Å². The Kier molecular flexibility index (Phi) is 7.28. The topological polar surface area (TPSA) is 58.7 Å². The van der Waals surface area contributed by atoms with Gasteiger partial charge in [-0.05, 0) is 114 Å². The van der Waals surface area contributed by atoms with Gasteiger partial charge in [0.05, 0.1) is 6.67 Å². The van der Waals surface area contributed by atoms with E-state index in [0.717, 1.165) is 73.4 Å². The van der Waals surface area contributed by atoms with Crippen LogP contribution in [0.25, 0.3) is 11.1 Å². The van der Waals surface area contributed by atoms with Gasteiger partial charge in [0.2, 0.25) is 0 Å². The van der Waals surface area contributed by atoms with Gasteiger partial charge in [0.1, 0.15) is 17.6 Å². The predicted octanol–water partition coefficient (Wildman–Crippen LogP) is 6.39. The Bertz CT molecular complexity index is 1250. The number of ether oxygens (including phenoxy) is 1. The summed E-state index contributed by atoms with van der Waals surface area (Å²) in [5.74, 6) is 1.18. The van der Waals surface area contributed by atoms with Crippen LogP contribution in [0.15, 0.2) is 60.7 Å². The van der Waals surface area contributed by atoms with Crippen LogP contribution in [-0.4, -0.2) is 42.4 Å². The monoisotopic (exact) mass is 486 g/mol. The van der Waals surface area contributed by atoms with Gasteiger partial charge < -0.3 is 15.6 Å². The van der Waals surface area contributed by atoms with Gasteiger partial charge in [-0.2, -0.15) is 0 Å². The van der Waals surface area contributed by atoms with Crippen LogP contribution in [-0.2, 0) is 6.42 Å². The predicted molar refractivity (Wildman–Crippen MR) is 145 cm³/mol. The Hall–Kier alpha value is -3.31. The van der Waals surface area contributed by atoms with Crippen molar-refractivity contribution < 1.29 is 14.2 Å². The zero-order chi connectivity index (χ0) is 25.1. The number of fused-ring (bicyclic) bond motifs is 1. The second-order valence-electron chi connectivity index (χ2n) is 10.0.